The number of aryl methyl sites for hydroxylation is 2. The van der Waals surface area contributed by atoms with Crippen molar-refractivity contribution < 1.29 is 5.11 Å². The summed E-state index contributed by atoms with van der Waals surface area (Å²) in [4.78, 5) is 0. The maximum Gasteiger partial charge on any atom is 0.0807 e. The molecule has 2 rings (SSSR count). The van der Waals surface area contributed by atoms with Gasteiger partial charge in [-0.05, 0) is 55.2 Å². The lowest BCUT2D eigenvalue weighted by Gasteiger charge is -2.14. The van der Waals surface area contributed by atoms with Crippen molar-refractivity contribution in [3.63, 3.8) is 0 Å². The third-order valence-electron chi connectivity index (χ3n) is 3.42. The minimum Gasteiger partial charge on any atom is -0.399 e. The molecule has 20 heavy (non-hydrogen) atoms. The first kappa shape index (κ1) is 14.4. The first-order valence-corrected chi connectivity index (χ1v) is 6.91. The van der Waals surface area contributed by atoms with Crippen molar-refractivity contribution in [1.82, 2.24) is 0 Å². The molecule has 2 aromatic rings. The van der Waals surface area contributed by atoms with Crippen LogP contribution in [-0.4, -0.2) is 11.7 Å². The van der Waals surface area contributed by atoms with Gasteiger partial charge in [0.2, 0.25) is 0 Å². The second-order valence-corrected chi connectivity index (χ2v) is 5.22. The number of nitrogens with one attached hydrogen (secondary N) is 1. The Bertz CT molecular complexity index is 581. The summed E-state index contributed by atoms with van der Waals surface area (Å²) >= 11 is 0. The highest BCUT2D eigenvalue weighted by atomic mass is 16.3. The molecule has 0 bridgehead atoms. The second kappa shape index (κ2) is 6.44. The zero-order chi connectivity index (χ0) is 14.5. The van der Waals surface area contributed by atoms with Crippen molar-refractivity contribution in [1.29, 1.82) is 0 Å². The number of benzene rings is 2. The lowest BCUT2D eigenvalue weighted by molar-refractivity contribution is 0.171. The quantitative estimate of drug-likeness (QED) is 0.730. The number of hydrogen-bond donors (Lipinski definition) is 3. The molecule has 2 aromatic carbocycles. The van der Waals surface area contributed by atoms with Gasteiger partial charge in [-0.25, -0.2) is 0 Å². The van der Waals surface area contributed by atoms with Gasteiger partial charge in [0.25, 0.3) is 0 Å². The third-order valence-corrected chi connectivity index (χ3v) is 3.42. The van der Waals surface area contributed by atoms with E-state index in [-0.39, 0.29) is 0 Å². The Morgan fingerprint density at radius 3 is 2.70 bits per heavy atom. The predicted molar refractivity (Wildman–Crippen MR) is 84.8 cm³/mol. The number of aliphatic hydroxyl groups excluding tert-OH is 1. The normalized spacial score (nSPS) is 12.2. The van der Waals surface area contributed by atoms with E-state index >= 15 is 0 Å². The standard InChI is InChI=1S/C17H22N2O/c1-12-6-7-13(2)16(10-12)19-9-8-17(20)14-4-3-5-15(18)11-14/h3-7,10-11,17,19-20H,8-9,18H2,1-2H3. The molecule has 0 aliphatic carbocycles. The highest BCUT2D eigenvalue weighted by Crippen LogP contribution is 2.20. The van der Waals surface area contributed by atoms with Crippen LogP contribution in [0, 0.1) is 13.8 Å². The molecule has 0 radical (unpaired) electrons. The van der Waals surface area contributed by atoms with Crippen LogP contribution in [-0.2, 0) is 0 Å². The SMILES string of the molecule is Cc1ccc(C)c(NCCC(O)c2cccc(N)c2)c1. The lowest BCUT2D eigenvalue weighted by atomic mass is 10.1. The topological polar surface area (TPSA) is 58.3 Å². The van der Waals surface area contributed by atoms with E-state index in [9.17, 15) is 5.11 Å². The van der Waals surface area contributed by atoms with Gasteiger partial charge in [0.15, 0.2) is 0 Å². The van der Waals surface area contributed by atoms with Crippen molar-refractivity contribution in [2.24, 2.45) is 0 Å². The van der Waals surface area contributed by atoms with E-state index in [0.717, 1.165) is 17.8 Å². The maximum absolute atomic E-state index is 10.2. The highest BCUT2D eigenvalue weighted by Gasteiger charge is 2.07. The fraction of sp³-hybridized carbons (Fsp3) is 0.294. The fourth-order valence-corrected chi connectivity index (χ4v) is 2.20. The first-order valence-electron chi connectivity index (χ1n) is 6.91. The van der Waals surface area contributed by atoms with Gasteiger partial charge < -0.3 is 16.2 Å². The van der Waals surface area contributed by atoms with Gasteiger partial charge in [0.05, 0.1) is 6.10 Å². The molecule has 0 aliphatic rings. The molecule has 1 unspecified atom stereocenters. The maximum atomic E-state index is 10.2. The summed E-state index contributed by atoms with van der Waals surface area (Å²) < 4.78 is 0. The molecule has 3 heteroatoms. The molecule has 0 amide bonds. The minimum absolute atomic E-state index is 0.490. The number of nitrogens with two attached hydrogens (primary N) is 1. The van der Waals surface area contributed by atoms with Gasteiger partial charge >= 0.3 is 0 Å². The van der Waals surface area contributed by atoms with Crippen LogP contribution in [0.2, 0.25) is 0 Å². The van der Waals surface area contributed by atoms with Crippen molar-refractivity contribution in [2.75, 3.05) is 17.6 Å². The van der Waals surface area contributed by atoms with Crippen molar-refractivity contribution >= 4 is 11.4 Å². The number of aliphatic hydroxyl groups is 1. The number of anilines is 2. The molecule has 0 fully saturated rings. The van der Waals surface area contributed by atoms with E-state index in [1.54, 1.807) is 0 Å². The Morgan fingerprint density at radius 2 is 1.95 bits per heavy atom. The van der Waals surface area contributed by atoms with Gasteiger partial charge in [-0.15, -0.1) is 0 Å². The van der Waals surface area contributed by atoms with Crippen molar-refractivity contribution in [3.05, 3.63) is 59.2 Å². The van der Waals surface area contributed by atoms with Gasteiger partial charge in [-0.2, -0.15) is 0 Å². The molecule has 0 aliphatic heterocycles. The third kappa shape index (κ3) is 3.75. The van der Waals surface area contributed by atoms with E-state index in [4.69, 9.17) is 5.73 Å². The molecule has 1 atom stereocenters. The summed E-state index contributed by atoms with van der Waals surface area (Å²) in [5.41, 5.74) is 10.9. The van der Waals surface area contributed by atoms with Gasteiger partial charge in [-0.1, -0.05) is 24.3 Å². The van der Waals surface area contributed by atoms with E-state index in [0.29, 0.717) is 12.1 Å². The summed E-state index contributed by atoms with van der Waals surface area (Å²) in [5, 5.41) is 13.5. The molecular formula is C17H22N2O. The van der Waals surface area contributed by atoms with Gasteiger partial charge in [0, 0.05) is 17.9 Å². The molecule has 0 heterocycles. The van der Waals surface area contributed by atoms with Crippen molar-refractivity contribution in [2.45, 2.75) is 26.4 Å². The summed E-state index contributed by atoms with van der Waals surface area (Å²) in [6.07, 6.45) is 0.160. The Labute approximate surface area is 120 Å². The zero-order valence-corrected chi connectivity index (χ0v) is 12.1. The Balaban J connectivity index is 1.91. The van der Waals surface area contributed by atoms with E-state index in [1.165, 1.54) is 11.1 Å². The molecule has 106 valence electrons. The molecule has 0 saturated carbocycles. The van der Waals surface area contributed by atoms with E-state index in [1.807, 2.05) is 24.3 Å². The number of rotatable bonds is 5. The Hall–Kier alpha value is -2.00. The smallest absolute Gasteiger partial charge is 0.0807 e. The summed E-state index contributed by atoms with van der Waals surface area (Å²) in [6.45, 7) is 4.88. The average Bonchev–Trinajstić information content (AvgIpc) is 2.42. The van der Waals surface area contributed by atoms with Crippen LogP contribution in [0.3, 0.4) is 0 Å². The Morgan fingerprint density at radius 1 is 1.15 bits per heavy atom. The van der Waals surface area contributed by atoms with E-state index < -0.39 is 6.10 Å². The highest BCUT2D eigenvalue weighted by molar-refractivity contribution is 5.52. The first-order chi connectivity index (χ1) is 9.56. The molecule has 0 aromatic heterocycles. The van der Waals surface area contributed by atoms with Crippen LogP contribution in [0.15, 0.2) is 42.5 Å². The number of hydrogen-bond acceptors (Lipinski definition) is 3. The van der Waals surface area contributed by atoms with Crippen LogP contribution in [0.5, 0.6) is 0 Å². The van der Waals surface area contributed by atoms with Crippen molar-refractivity contribution in [3.8, 4) is 0 Å². The van der Waals surface area contributed by atoms with Crippen LogP contribution in [0.1, 0.15) is 29.2 Å². The predicted octanol–water partition coefficient (Wildman–Crippen LogP) is 3.42. The number of nitrogen functional groups attached to an aromatic ring is 1. The molecule has 3 nitrogen and oxygen atoms in total. The minimum atomic E-state index is -0.490. The van der Waals surface area contributed by atoms with Gasteiger partial charge in [-0.3, -0.25) is 0 Å². The van der Waals surface area contributed by atoms with E-state index in [2.05, 4.69) is 37.4 Å². The zero-order valence-electron chi connectivity index (χ0n) is 12.1. The Kier molecular flexibility index (Phi) is 4.64. The summed E-state index contributed by atoms with van der Waals surface area (Å²) in [6, 6.07) is 13.7. The fourth-order valence-electron chi connectivity index (χ4n) is 2.20. The lowest BCUT2D eigenvalue weighted by Crippen LogP contribution is -2.08. The molecular weight excluding hydrogens is 248 g/mol. The molecule has 0 spiro atoms. The molecule has 4 N–H and O–H groups in total. The van der Waals surface area contributed by atoms with Gasteiger partial charge in [0.1, 0.15) is 0 Å². The molecule has 0 saturated heterocycles. The average molecular weight is 270 g/mol. The second-order valence-electron chi connectivity index (χ2n) is 5.22. The van der Waals surface area contributed by atoms with Crippen LogP contribution >= 0.6 is 0 Å². The van der Waals surface area contributed by atoms with Crippen LogP contribution in [0.25, 0.3) is 0 Å². The largest absolute Gasteiger partial charge is 0.399 e. The summed E-state index contributed by atoms with van der Waals surface area (Å²) in [5.74, 6) is 0. The summed E-state index contributed by atoms with van der Waals surface area (Å²) in [7, 11) is 0. The van der Waals surface area contributed by atoms with Crippen LogP contribution in [0.4, 0.5) is 11.4 Å². The monoisotopic (exact) mass is 270 g/mol. The van der Waals surface area contributed by atoms with Crippen LogP contribution < -0.4 is 11.1 Å².